The largest absolute Gasteiger partial charge is 0.396 e. The smallest absolute Gasteiger partial charge is 0.254 e. The van der Waals surface area contributed by atoms with Gasteiger partial charge >= 0.3 is 0 Å². The molecular formula is C12H15FN2O2. The van der Waals surface area contributed by atoms with E-state index in [1.54, 1.807) is 11.8 Å². The molecule has 0 radical (unpaired) electrons. The Balaban J connectivity index is 2.18. The Morgan fingerprint density at radius 3 is 2.82 bits per heavy atom. The second kappa shape index (κ2) is 4.00. The molecule has 92 valence electrons. The number of amides is 1. The molecule has 2 rings (SSSR count). The van der Waals surface area contributed by atoms with Gasteiger partial charge in [0.15, 0.2) is 0 Å². The summed E-state index contributed by atoms with van der Waals surface area (Å²) in [6.45, 7) is 2.49. The first-order valence-electron chi connectivity index (χ1n) is 5.46. The molecule has 1 aliphatic rings. The number of nitrogens with two attached hydrogens (primary N) is 1. The number of β-amino-alcohol motifs (C(OH)–C–C–N with tert-alkyl or cyclic N) is 1. The third-order valence-electron chi connectivity index (χ3n) is 2.98. The van der Waals surface area contributed by atoms with Crippen LogP contribution in [-0.4, -0.2) is 34.6 Å². The van der Waals surface area contributed by atoms with E-state index in [2.05, 4.69) is 0 Å². The maximum absolute atomic E-state index is 13.0. The molecule has 0 saturated carbocycles. The van der Waals surface area contributed by atoms with Crippen molar-refractivity contribution in [3.8, 4) is 0 Å². The molecule has 1 unspecified atom stereocenters. The lowest BCUT2D eigenvalue weighted by Gasteiger charge is -2.19. The van der Waals surface area contributed by atoms with Crippen molar-refractivity contribution in [1.29, 1.82) is 0 Å². The van der Waals surface area contributed by atoms with E-state index in [9.17, 15) is 14.3 Å². The summed E-state index contributed by atoms with van der Waals surface area (Å²) in [5, 5.41) is 9.78. The molecule has 5 heteroatoms. The highest BCUT2D eigenvalue weighted by atomic mass is 19.1. The molecule has 0 aromatic heterocycles. The fourth-order valence-electron chi connectivity index (χ4n) is 1.98. The van der Waals surface area contributed by atoms with Gasteiger partial charge in [-0.25, -0.2) is 4.39 Å². The van der Waals surface area contributed by atoms with Gasteiger partial charge in [0, 0.05) is 18.7 Å². The molecule has 1 aromatic rings. The van der Waals surface area contributed by atoms with Gasteiger partial charge in [-0.1, -0.05) is 0 Å². The van der Waals surface area contributed by atoms with Gasteiger partial charge in [-0.3, -0.25) is 4.79 Å². The van der Waals surface area contributed by atoms with Crippen molar-refractivity contribution in [1.82, 2.24) is 4.90 Å². The molecule has 0 bridgehead atoms. The Morgan fingerprint density at radius 1 is 1.59 bits per heavy atom. The third-order valence-corrected chi connectivity index (χ3v) is 2.98. The van der Waals surface area contributed by atoms with Gasteiger partial charge in [0.05, 0.1) is 11.3 Å². The number of halogens is 1. The van der Waals surface area contributed by atoms with Crippen LogP contribution in [0.15, 0.2) is 18.2 Å². The van der Waals surface area contributed by atoms with Crippen molar-refractivity contribution in [3.05, 3.63) is 29.6 Å². The van der Waals surface area contributed by atoms with Gasteiger partial charge in [0.25, 0.3) is 5.91 Å². The number of rotatable bonds is 1. The number of nitrogen functional groups attached to an aromatic ring is 1. The van der Waals surface area contributed by atoms with E-state index in [0.717, 1.165) is 0 Å². The monoisotopic (exact) mass is 238 g/mol. The topological polar surface area (TPSA) is 66.6 Å². The Morgan fingerprint density at radius 2 is 2.29 bits per heavy atom. The van der Waals surface area contributed by atoms with Crippen LogP contribution >= 0.6 is 0 Å². The SMILES string of the molecule is CC1(O)CCN(C(=O)c2ccc(F)c(N)c2)C1. The Bertz CT molecular complexity index is 460. The lowest BCUT2D eigenvalue weighted by Crippen LogP contribution is -2.33. The van der Waals surface area contributed by atoms with E-state index in [1.807, 2.05) is 0 Å². The van der Waals surface area contributed by atoms with Gasteiger partial charge in [0.2, 0.25) is 0 Å². The summed E-state index contributed by atoms with van der Waals surface area (Å²) in [5.74, 6) is -0.760. The van der Waals surface area contributed by atoms with E-state index < -0.39 is 11.4 Å². The fraction of sp³-hybridized carbons (Fsp3) is 0.417. The summed E-state index contributed by atoms with van der Waals surface area (Å²) in [6, 6.07) is 3.91. The van der Waals surface area contributed by atoms with Crippen LogP contribution in [0.25, 0.3) is 0 Å². The van der Waals surface area contributed by atoms with E-state index in [0.29, 0.717) is 25.1 Å². The standard InChI is InChI=1S/C12H15FN2O2/c1-12(17)4-5-15(7-12)11(16)8-2-3-9(13)10(14)6-8/h2-3,6,17H,4-5,7,14H2,1H3. The number of hydrogen-bond donors (Lipinski definition) is 2. The summed E-state index contributed by atoms with van der Waals surface area (Å²) < 4.78 is 13.0. The number of carbonyl (C=O) groups excluding carboxylic acids is 1. The number of nitrogens with zero attached hydrogens (tertiary/aromatic N) is 1. The maximum Gasteiger partial charge on any atom is 0.254 e. The molecule has 4 nitrogen and oxygen atoms in total. The van der Waals surface area contributed by atoms with Crippen molar-refractivity contribution >= 4 is 11.6 Å². The summed E-state index contributed by atoms with van der Waals surface area (Å²) >= 11 is 0. The highest BCUT2D eigenvalue weighted by Gasteiger charge is 2.34. The predicted octanol–water partition coefficient (Wildman–Crippen LogP) is 1.00. The van der Waals surface area contributed by atoms with Crippen LogP contribution < -0.4 is 5.73 Å². The van der Waals surface area contributed by atoms with Crippen LogP contribution in [0, 0.1) is 5.82 Å². The fourth-order valence-corrected chi connectivity index (χ4v) is 1.98. The van der Waals surface area contributed by atoms with Crippen LogP contribution in [0.3, 0.4) is 0 Å². The first kappa shape index (κ1) is 11.9. The van der Waals surface area contributed by atoms with Crippen LogP contribution in [0.5, 0.6) is 0 Å². The van der Waals surface area contributed by atoms with E-state index in [4.69, 9.17) is 5.73 Å². The quantitative estimate of drug-likeness (QED) is 0.717. The highest BCUT2D eigenvalue weighted by Crippen LogP contribution is 2.23. The number of hydrogen-bond acceptors (Lipinski definition) is 3. The zero-order chi connectivity index (χ0) is 12.6. The Hall–Kier alpha value is -1.62. The minimum Gasteiger partial charge on any atom is -0.396 e. The van der Waals surface area contributed by atoms with E-state index in [-0.39, 0.29) is 11.6 Å². The van der Waals surface area contributed by atoms with E-state index >= 15 is 0 Å². The normalized spacial score (nSPS) is 24.1. The second-order valence-corrected chi connectivity index (χ2v) is 4.71. The molecule has 1 aromatic carbocycles. The molecule has 1 amide bonds. The molecule has 1 saturated heterocycles. The lowest BCUT2D eigenvalue weighted by molar-refractivity contribution is 0.0572. The summed E-state index contributed by atoms with van der Waals surface area (Å²) in [7, 11) is 0. The van der Waals surface area contributed by atoms with E-state index in [1.165, 1.54) is 18.2 Å². The first-order valence-corrected chi connectivity index (χ1v) is 5.46. The molecular weight excluding hydrogens is 223 g/mol. The zero-order valence-electron chi connectivity index (χ0n) is 9.61. The van der Waals surface area contributed by atoms with Gasteiger partial charge in [-0.2, -0.15) is 0 Å². The molecule has 0 spiro atoms. The van der Waals surface area contributed by atoms with Crippen molar-refractivity contribution in [2.24, 2.45) is 0 Å². The van der Waals surface area contributed by atoms with Crippen LogP contribution in [0.1, 0.15) is 23.7 Å². The van der Waals surface area contributed by atoms with Gasteiger partial charge in [0.1, 0.15) is 5.82 Å². The van der Waals surface area contributed by atoms with Gasteiger partial charge in [-0.05, 0) is 31.5 Å². The molecule has 1 aliphatic heterocycles. The van der Waals surface area contributed by atoms with Crippen molar-refractivity contribution in [3.63, 3.8) is 0 Å². The van der Waals surface area contributed by atoms with Crippen molar-refractivity contribution < 1.29 is 14.3 Å². The summed E-state index contributed by atoms with van der Waals surface area (Å²) in [4.78, 5) is 13.6. The van der Waals surface area contributed by atoms with Gasteiger partial charge < -0.3 is 15.7 Å². The molecule has 1 heterocycles. The zero-order valence-corrected chi connectivity index (χ0v) is 9.61. The number of likely N-dealkylation sites (tertiary alicyclic amines) is 1. The minimum atomic E-state index is -0.832. The van der Waals surface area contributed by atoms with Gasteiger partial charge in [-0.15, -0.1) is 0 Å². The highest BCUT2D eigenvalue weighted by molar-refractivity contribution is 5.95. The average molecular weight is 238 g/mol. The maximum atomic E-state index is 13.0. The molecule has 0 aliphatic carbocycles. The number of aliphatic hydroxyl groups is 1. The molecule has 3 N–H and O–H groups in total. The lowest BCUT2D eigenvalue weighted by atomic mass is 10.1. The third kappa shape index (κ3) is 2.39. The second-order valence-electron chi connectivity index (χ2n) is 4.71. The van der Waals surface area contributed by atoms with Crippen LogP contribution in [0.2, 0.25) is 0 Å². The molecule has 1 fully saturated rings. The number of carbonyl (C=O) groups is 1. The molecule has 1 atom stereocenters. The number of benzene rings is 1. The molecule has 17 heavy (non-hydrogen) atoms. The Kier molecular flexibility index (Phi) is 2.79. The summed E-state index contributed by atoms with van der Waals surface area (Å²) in [5.41, 5.74) is 4.89. The minimum absolute atomic E-state index is 0.0400. The van der Waals surface area contributed by atoms with Crippen molar-refractivity contribution in [2.75, 3.05) is 18.8 Å². The summed E-state index contributed by atoms with van der Waals surface area (Å²) in [6.07, 6.45) is 0.551. The van der Waals surface area contributed by atoms with Crippen LogP contribution in [0.4, 0.5) is 10.1 Å². The van der Waals surface area contributed by atoms with Crippen molar-refractivity contribution in [2.45, 2.75) is 18.9 Å². The average Bonchev–Trinajstić information content (AvgIpc) is 2.62. The predicted molar refractivity (Wildman–Crippen MR) is 62.0 cm³/mol. The first-order chi connectivity index (χ1) is 7.89. The van der Waals surface area contributed by atoms with Crippen LogP contribution in [-0.2, 0) is 0 Å². The number of anilines is 1. The Labute approximate surface area is 98.8 Å².